The van der Waals surface area contributed by atoms with Gasteiger partial charge in [-0.25, -0.2) is 4.39 Å². The largest absolute Gasteiger partial charge is 0.383 e. The Morgan fingerprint density at radius 1 is 1.10 bits per heavy atom. The topological polar surface area (TPSA) is 20.2 Å². The normalized spacial score (nSPS) is 14.1. The van der Waals surface area contributed by atoms with E-state index in [0.717, 1.165) is 6.07 Å². The van der Waals surface area contributed by atoms with Crippen LogP contribution in [-0.2, 0) is 12.0 Å². The molecule has 0 saturated heterocycles. The second-order valence-corrected chi connectivity index (χ2v) is 5.67. The van der Waals surface area contributed by atoms with Crippen molar-refractivity contribution in [3.05, 3.63) is 69.5 Å². The summed E-state index contributed by atoms with van der Waals surface area (Å²) in [6.45, 7) is 0. The van der Waals surface area contributed by atoms with Crippen LogP contribution in [0.5, 0.6) is 0 Å². The van der Waals surface area contributed by atoms with E-state index in [1.807, 2.05) is 0 Å². The molecule has 1 nitrogen and oxygen atoms in total. The van der Waals surface area contributed by atoms with Gasteiger partial charge in [0.05, 0.1) is 5.88 Å². The number of hydrogen-bond acceptors (Lipinski definition) is 1. The fourth-order valence-electron chi connectivity index (χ4n) is 2.04. The van der Waals surface area contributed by atoms with Crippen LogP contribution >= 0.6 is 34.8 Å². The highest BCUT2D eigenvalue weighted by atomic mass is 35.5. The van der Waals surface area contributed by atoms with E-state index in [1.54, 1.807) is 24.3 Å². The summed E-state index contributed by atoms with van der Waals surface area (Å²) in [5.41, 5.74) is -0.732. The molecule has 1 unspecified atom stereocenters. The van der Waals surface area contributed by atoms with Gasteiger partial charge in [0, 0.05) is 22.0 Å². The average molecular weight is 334 g/mol. The van der Waals surface area contributed by atoms with Crippen LogP contribution in [0.3, 0.4) is 0 Å². The molecule has 2 aromatic carbocycles. The van der Waals surface area contributed by atoms with E-state index in [-0.39, 0.29) is 22.9 Å². The van der Waals surface area contributed by atoms with Crippen molar-refractivity contribution in [1.29, 1.82) is 0 Å². The van der Waals surface area contributed by atoms with Gasteiger partial charge in [0.1, 0.15) is 11.4 Å². The Kier molecular flexibility index (Phi) is 4.92. The lowest BCUT2D eigenvalue weighted by Crippen LogP contribution is -2.32. The maximum absolute atomic E-state index is 14.0. The molecule has 2 aromatic rings. The van der Waals surface area contributed by atoms with Gasteiger partial charge in [0.25, 0.3) is 0 Å². The average Bonchev–Trinajstić information content (AvgIpc) is 2.41. The van der Waals surface area contributed by atoms with Crippen molar-refractivity contribution in [2.45, 2.75) is 12.0 Å². The van der Waals surface area contributed by atoms with Crippen LogP contribution in [0.25, 0.3) is 0 Å². The predicted molar refractivity (Wildman–Crippen MR) is 81.2 cm³/mol. The Morgan fingerprint density at radius 3 is 2.40 bits per heavy atom. The van der Waals surface area contributed by atoms with Gasteiger partial charge in [0.2, 0.25) is 0 Å². The Labute approximate surface area is 131 Å². The summed E-state index contributed by atoms with van der Waals surface area (Å²) in [4.78, 5) is 0. The molecule has 2 rings (SSSR count). The van der Waals surface area contributed by atoms with Crippen molar-refractivity contribution in [3.63, 3.8) is 0 Å². The van der Waals surface area contributed by atoms with Crippen LogP contribution in [0, 0.1) is 5.82 Å². The SMILES string of the molecule is OC(CCl)(Cc1ccccc1Cl)c1ccc(Cl)cc1F. The van der Waals surface area contributed by atoms with Crippen LogP contribution in [-0.4, -0.2) is 11.0 Å². The molecule has 0 aliphatic rings. The molecular formula is C15H12Cl3FO. The highest BCUT2D eigenvalue weighted by Crippen LogP contribution is 2.32. The van der Waals surface area contributed by atoms with E-state index in [0.29, 0.717) is 10.6 Å². The second-order valence-electron chi connectivity index (χ2n) is 4.56. The highest BCUT2D eigenvalue weighted by molar-refractivity contribution is 6.31. The molecular weight excluding hydrogens is 322 g/mol. The van der Waals surface area contributed by atoms with E-state index in [1.165, 1.54) is 12.1 Å². The molecule has 5 heteroatoms. The van der Waals surface area contributed by atoms with Crippen LogP contribution in [0.1, 0.15) is 11.1 Å². The standard InChI is InChI=1S/C15H12Cl3FO/c16-9-15(20,8-10-3-1-2-4-13(10)18)12-6-5-11(17)7-14(12)19/h1-7,20H,8-9H2. The molecule has 0 spiro atoms. The van der Waals surface area contributed by atoms with Gasteiger partial charge in [0.15, 0.2) is 0 Å². The highest BCUT2D eigenvalue weighted by Gasteiger charge is 2.32. The Bertz CT molecular complexity index is 618. The fraction of sp³-hybridized carbons (Fsp3) is 0.200. The molecule has 20 heavy (non-hydrogen) atoms. The Morgan fingerprint density at radius 2 is 1.80 bits per heavy atom. The van der Waals surface area contributed by atoms with Gasteiger partial charge in [-0.05, 0) is 23.8 Å². The number of alkyl halides is 1. The lowest BCUT2D eigenvalue weighted by Gasteiger charge is -2.27. The third-order valence-electron chi connectivity index (χ3n) is 3.09. The molecule has 0 radical (unpaired) electrons. The van der Waals surface area contributed by atoms with E-state index in [4.69, 9.17) is 34.8 Å². The molecule has 0 saturated carbocycles. The first-order valence-electron chi connectivity index (χ1n) is 5.93. The molecule has 0 aromatic heterocycles. The minimum Gasteiger partial charge on any atom is -0.383 e. The number of rotatable bonds is 4. The summed E-state index contributed by atoms with van der Waals surface area (Å²) >= 11 is 17.7. The van der Waals surface area contributed by atoms with E-state index in [9.17, 15) is 9.50 Å². The number of hydrogen-bond donors (Lipinski definition) is 1. The summed E-state index contributed by atoms with van der Waals surface area (Å²) in [5.74, 6) is -0.746. The minimum atomic E-state index is -1.54. The van der Waals surface area contributed by atoms with Crippen molar-refractivity contribution < 1.29 is 9.50 Å². The van der Waals surface area contributed by atoms with E-state index >= 15 is 0 Å². The number of aliphatic hydroxyl groups is 1. The number of benzene rings is 2. The zero-order chi connectivity index (χ0) is 14.8. The molecule has 0 aliphatic heterocycles. The van der Waals surface area contributed by atoms with Gasteiger partial charge < -0.3 is 5.11 Å². The maximum atomic E-state index is 14.0. The summed E-state index contributed by atoms with van der Waals surface area (Å²) < 4.78 is 14.0. The predicted octanol–water partition coefficient (Wildman–Crippen LogP) is 4.80. The van der Waals surface area contributed by atoms with Crippen LogP contribution in [0.15, 0.2) is 42.5 Å². The second kappa shape index (κ2) is 6.31. The molecule has 0 aliphatic carbocycles. The van der Waals surface area contributed by atoms with Gasteiger partial charge in [-0.1, -0.05) is 47.5 Å². The molecule has 0 fully saturated rings. The zero-order valence-corrected chi connectivity index (χ0v) is 12.7. The molecule has 0 bridgehead atoms. The van der Waals surface area contributed by atoms with Gasteiger partial charge >= 0.3 is 0 Å². The first kappa shape index (κ1) is 15.6. The van der Waals surface area contributed by atoms with E-state index in [2.05, 4.69) is 0 Å². The quantitative estimate of drug-likeness (QED) is 0.797. The molecule has 0 amide bonds. The third kappa shape index (κ3) is 3.26. The summed E-state index contributed by atoms with van der Waals surface area (Å²) in [6.07, 6.45) is 0.120. The third-order valence-corrected chi connectivity index (χ3v) is 4.14. The maximum Gasteiger partial charge on any atom is 0.130 e. The van der Waals surface area contributed by atoms with Crippen molar-refractivity contribution in [2.24, 2.45) is 0 Å². The molecule has 0 heterocycles. The molecule has 1 atom stereocenters. The monoisotopic (exact) mass is 332 g/mol. The van der Waals surface area contributed by atoms with Crippen molar-refractivity contribution in [2.75, 3.05) is 5.88 Å². The number of halogens is 4. The van der Waals surface area contributed by atoms with Gasteiger partial charge in [-0.2, -0.15) is 0 Å². The van der Waals surface area contributed by atoms with Crippen molar-refractivity contribution in [3.8, 4) is 0 Å². The Balaban J connectivity index is 2.41. The smallest absolute Gasteiger partial charge is 0.130 e. The van der Waals surface area contributed by atoms with Crippen molar-refractivity contribution >= 4 is 34.8 Å². The lowest BCUT2D eigenvalue weighted by atomic mass is 9.88. The van der Waals surface area contributed by atoms with Crippen LogP contribution in [0.2, 0.25) is 10.0 Å². The summed E-state index contributed by atoms with van der Waals surface area (Å²) in [7, 11) is 0. The molecule has 1 N–H and O–H groups in total. The Hall–Kier alpha value is -0.800. The van der Waals surface area contributed by atoms with Crippen LogP contribution in [0.4, 0.5) is 4.39 Å². The lowest BCUT2D eigenvalue weighted by molar-refractivity contribution is 0.0576. The minimum absolute atomic E-state index is 0.108. The fourth-order valence-corrected chi connectivity index (χ4v) is 2.64. The van der Waals surface area contributed by atoms with Crippen molar-refractivity contribution in [1.82, 2.24) is 0 Å². The zero-order valence-electron chi connectivity index (χ0n) is 10.4. The first-order chi connectivity index (χ1) is 9.46. The first-order valence-corrected chi connectivity index (χ1v) is 7.22. The summed E-state index contributed by atoms with van der Waals surface area (Å²) in [5, 5.41) is 11.4. The summed E-state index contributed by atoms with van der Waals surface area (Å²) in [6, 6.07) is 11.2. The van der Waals surface area contributed by atoms with Gasteiger partial charge in [-0.15, -0.1) is 11.6 Å². The van der Waals surface area contributed by atoms with E-state index < -0.39 is 11.4 Å². The van der Waals surface area contributed by atoms with Crippen LogP contribution < -0.4 is 0 Å². The molecule has 106 valence electrons. The van der Waals surface area contributed by atoms with Gasteiger partial charge in [-0.3, -0.25) is 0 Å².